The zero-order valence-electron chi connectivity index (χ0n) is 17.0. The van der Waals surface area contributed by atoms with Crippen molar-refractivity contribution in [3.8, 4) is 0 Å². The lowest BCUT2D eigenvalue weighted by atomic mass is 9.97. The van der Waals surface area contributed by atoms with Gasteiger partial charge in [-0.25, -0.2) is 4.98 Å². The molecule has 0 radical (unpaired) electrons. The molecule has 8 heteroatoms. The number of aromatic nitrogens is 1. The van der Waals surface area contributed by atoms with E-state index in [0.717, 1.165) is 21.2 Å². The fourth-order valence-electron chi connectivity index (χ4n) is 3.16. The third kappa shape index (κ3) is 5.34. The van der Waals surface area contributed by atoms with Gasteiger partial charge in [-0.1, -0.05) is 56.3 Å². The van der Waals surface area contributed by atoms with Gasteiger partial charge < -0.3 is 21.5 Å². The molecule has 0 spiro atoms. The largest absolute Gasteiger partial charge is 0.383 e. The number of nitrogen functional groups attached to an aromatic ring is 1. The summed E-state index contributed by atoms with van der Waals surface area (Å²) in [6.45, 7) is 3.76. The molecule has 30 heavy (non-hydrogen) atoms. The smallest absolute Gasteiger partial charge is 0.249 e. The topological polar surface area (TPSA) is 117 Å². The van der Waals surface area contributed by atoms with Crippen molar-refractivity contribution >= 4 is 39.1 Å². The highest BCUT2D eigenvalue weighted by atomic mass is 32.1. The first-order valence-electron chi connectivity index (χ1n) is 9.78. The van der Waals surface area contributed by atoms with Crippen LogP contribution in [0.15, 0.2) is 48.7 Å². The second kappa shape index (κ2) is 9.69. The van der Waals surface area contributed by atoms with Crippen LogP contribution in [0.4, 0.5) is 5.13 Å². The number of carbonyl (C=O) groups is 2. The maximum Gasteiger partial charge on any atom is 0.249 e. The molecule has 5 N–H and O–H groups in total. The van der Waals surface area contributed by atoms with E-state index in [1.807, 2.05) is 42.5 Å². The second-order valence-corrected chi connectivity index (χ2v) is 8.62. The number of nitrogens with one attached hydrogen (secondary N) is 2. The van der Waals surface area contributed by atoms with Crippen molar-refractivity contribution in [3.05, 3.63) is 59.1 Å². The van der Waals surface area contributed by atoms with Crippen molar-refractivity contribution < 1.29 is 14.7 Å². The summed E-state index contributed by atoms with van der Waals surface area (Å²) in [5.74, 6) is -1.15. The van der Waals surface area contributed by atoms with E-state index in [2.05, 4.69) is 15.6 Å². The first-order valence-corrected chi connectivity index (χ1v) is 10.6. The Balaban J connectivity index is 1.80. The molecule has 0 aliphatic carbocycles. The van der Waals surface area contributed by atoms with E-state index >= 15 is 0 Å². The molecule has 0 aliphatic heterocycles. The fraction of sp³-hybridized carbons (Fsp3) is 0.318. The molecule has 3 aromatic rings. The third-order valence-electron chi connectivity index (χ3n) is 4.85. The highest BCUT2D eigenvalue weighted by Gasteiger charge is 2.26. The third-order valence-corrected chi connectivity index (χ3v) is 5.67. The number of hydrogen-bond acceptors (Lipinski definition) is 6. The van der Waals surface area contributed by atoms with E-state index in [1.165, 1.54) is 11.3 Å². The quantitative estimate of drug-likeness (QED) is 0.441. The minimum absolute atomic E-state index is 0.258. The molecular formula is C22H26N4O3S. The van der Waals surface area contributed by atoms with E-state index in [0.29, 0.717) is 11.6 Å². The van der Waals surface area contributed by atoms with E-state index in [1.54, 1.807) is 20.0 Å². The number of fused-ring (bicyclic) bond motifs is 1. The van der Waals surface area contributed by atoms with E-state index < -0.39 is 18.1 Å². The average molecular weight is 427 g/mol. The predicted molar refractivity (Wildman–Crippen MR) is 119 cm³/mol. The molecule has 0 saturated carbocycles. The number of nitrogens with two attached hydrogens (primary N) is 1. The maximum atomic E-state index is 12.9. The molecular weight excluding hydrogens is 400 g/mol. The summed E-state index contributed by atoms with van der Waals surface area (Å²) in [6, 6.07) is 12.9. The number of benzene rings is 2. The van der Waals surface area contributed by atoms with Crippen molar-refractivity contribution in [1.29, 1.82) is 0 Å². The predicted octanol–water partition coefficient (Wildman–Crippen LogP) is 2.24. The lowest BCUT2D eigenvalue weighted by Crippen LogP contribution is -2.51. The number of aliphatic hydroxyl groups is 1. The lowest BCUT2D eigenvalue weighted by Gasteiger charge is -2.22. The zero-order valence-corrected chi connectivity index (χ0v) is 17.8. The van der Waals surface area contributed by atoms with Gasteiger partial charge in [0.25, 0.3) is 0 Å². The molecule has 1 aromatic heterocycles. The summed E-state index contributed by atoms with van der Waals surface area (Å²) in [7, 11) is 0. The van der Waals surface area contributed by atoms with Crippen LogP contribution in [0, 0.1) is 5.92 Å². The summed E-state index contributed by atoms with van der Waals surface area (Å²) in [6.07, 6.45) is 0.726. The van der Waals surface area contributed by atoms with Crippen molar-refractivity contribution in [2.75, 3.05) is 5.73 Å². The van der Waals surface area contributed by atoms with Gasteiger partial charge in [-0.3, -0.25) is 9.59 Å². The van der Waals surface area contributed by atoms with Crippen LogP contribution < -0.4 is 16.4 Å². The van der Waals surface area contributed by atoms with Gasteiger partial charge in [-0.15, -0.1) is 11.3 Å². The van der Waals surface area contributed by atoms with Crippen LogP contribution in [0.2, 0.25) is 0 Å². The Kier molecular flexibility index (Phi) is 7.02. The van der Waals surface area contributed by atoms with Crippen molar-refractivity contribution in [2.45, 2.75) is 39.0 Å². The molecule has 2 aromatic carbocycles. The van der Waals surface area contributed by atoms with Crippen molar-refractivity contribution in [3.63, 3.8) is 0 Å². The van der Waals surface area contributed by atoms with Crippen LogP contribution in [-0.4, -0.2) is 34.1 Å². The number of nitrogens with zero attached hydrogens (tertiary/aromatic N) is 1. The van der Waals surface area contributed by atoms with Gasteiger partial charge in [0.05, 0.1) is 6.54 Å². The highest BCUT2D eigenvalue weighted by Crippen LogP contribution is 2.20. The van der Waals surface area contributed by atoms with Crippen molar-refractivity contribution in [1.82, 2.24) is 15.6 Å². The van der Waals surface area contributed by atoms with Crippen LogP contribution in [-0.2, 0) is 22.6 Å². The number of anilines is 1. The number of aliphatic hydroxyl groups excluding tert-OH is 1. The molecule has 2 amide bonds. The Morgan fingerprint density at radius 3 is 2.57 bits per heavy atom. The monoisotopic (exact) mass is 426 g/mol. The summed E-state index contributed by atoms with van der Waals surface area (Å²) in [5, 5.41) is 18.2. The average Bonchev–Trinajstić information content (AvgIpc) is 3.16. The van der Waals surface area contributed by atoms with Crippen LogP contribution >= 0.6 is 11.3 Å². The molecule has 0 fully saturated rings. The summed E-state index contributed by atoms with van der Waals surface area (Å²) < 4.78 is 0. The SMILES string of the molecule is CC(C)[C@@H](O)C(=O)N[C@@H](Cc1cccc2ccccc12)C(=O)NCc1cnc(N)s1. The van der Waals surface area contributed by atoms with Crippen LogP contribution in [0.1, 0.15) is 24.3 Å². The standard InChI is InChI=1S/C22H26N4O3S/c1-13(2)19(27)21(29)26-18(20(28)24-11-16-12-25-22(23)30-16)10-15-8-5-7-14-6-3-4-9-17(14)15/h3-9,12-13,18-19,27H,10-11H2,1-2H3,(H2,23,25)(H,24,28)(H,26,29)/t18-,19+/m0/s1. The molecule has 1 heterocycles. The Hall–Kier alpha value is -2.97. The minimum Gasteiger partial charge on any atom is -0.383 e. The van der Waals surface area contributed by atoms with Gasteiger partial charge in [-0.2, -0.15) is 0 Å². The number of amides is 2. The molecule has 0 bridgehead atoms. The molecule has 0 unspecified atom stereocenters. The Morgan fingerprint density at radius 1 is 1.13 bits per heavy atom. The molecule has 0 saturated heterocycles. The van der Waals surface area contributed by atoms with Crippen LogP contribution in [0.5, 0.6) is 0 Å². The normalized spacial score (nSPS) is 13.2. The van der Waals surface area contributed by atoms with Gasteiger partial charge in [0.15, 0.2) is 5.13 Å². The van der Waals surface area contributed by atoms with Crippen LogP contribution in [0.25, 0.3) is 10.8 Å². The molecule has 0 aliphatic rings. The number of carbonyl (C=O) groups excluding carboxylic acids is 2. The number of rotatable bonds is 8. The lowest BCUT2D eigenvalue weighted by molar-refractivity contribution is -0.135. The first kappa shape index (κ1) is 21.7. The number of thiazole rings is 1. The Morgan fingerprint density at radius 2 is 1.87 bits per heavy atom. The fourth-order valence-corrected chi connectivity index (χ4v) is 3.79. The zero-order chi connectivity index (χ0) is 21.7. The Bertz CT molecular complexity index is 1030. The van der Waals surface area contributed by atoms with Gasteiger partial charge >= 0.3 is 0 Å². The summed E-state index contributed by atoms with van der Waals surface area (Å²) in [5.41, 5.74) is 6.58. The van der Waals surface area contributed by atoms with E-state index in [-0.39, 0.29) is 18.4 Å². The Labute approximate surface area is 179 Å². The summed E-state index contributed by atoms with van der Waals surface area (Å²) >= 11 is 1.29. The second-order valence-electron chi connectivity index (χ2n) is 7.48. The maximum absolute atomic E-state index is 12.9. The van der Waals surface area contributed by atoms with Gasteiger partial charge in [0, 0.05) is 17.5 Å². The molecule has 3 rings (SSSR count). The minimum atomic E-state index is -1.19. The van der Waals surface area contributed by atoms with Crippen molar-refractivity contribution in [2.24, 2.45) is 5.92 Å². The molecule has 158 valence electrons. The van der Waals surface area contributed by atoms with Gasteiger partial charge in [0.2, 0.25) is 11.8 Å². The van der Waals surface area contributed by atoms with Gasteiger partial charge in [-0.05, 0) is 22.3 Å². The molecule has 7 nitrogen and oxygen atoms in total. The number of hydrogen-bond donors (Lipinski definition) is 4. The van der Waals surface area contributed by atoms with Crippen LogP contribution in [0.3, 0.4) is 0 Å². The first-order chi connectivity index (χ1) is 14.3. The van der Waals surface area contributed by atoms with Gasteiger partial charge in [0.1, 0.15) is 12.1 Å². The highest BCUT2D eigenvalue weighted by molar-refractivity contribution is 7.15. The van der Waals surface area contributed by atoms with E-state index in [4.69, 9.17) is 5.73 Å². The summed E-state index contributed by atoms with van der Waals surface area (Å²) in [4.78, 5) is 30.2. The molecule has 2 atom stereocenters. The van der Waals surface area contributed by atoms with E-state index in [9.17, 15) is 14.7 Å².